The third-order valence-corrected chi connectivity index (χ3v) is 7.98. The molecule has 0 bridgehead atoms. The zero-order valence-corrected chi connectivity index (χ0v) is 23.6. The highest BCUT2D eigenvalue weighted by molar-refractivity contribution is 5.86. The molecule has 42 heavy (non-hydrogen) atoms. The van der Waals surface area contributed by atoms with E-state index in [-0.39, 0.29) is 17.9 Å². The number of ether oxygens (including phenoxy) is 1. The molecule has 1 amide bonds. The average Bonchev–Trinajstić information content (AvgIpc) is 3.64. The molecule has 0 unspecified atom stereocenters. The summed E-state index contributed by atoms with van der Waals surface area (Å²) in [5.41, 5.74) is 10.00. The van der Waals surface area contributed by atoms with Crippen LogP contribution in [0.4, 0.5) is 21.7 Å². The van der Waals surface area contributed by atoms with Gasteiger partial charge in [0, 0.05) is 48.8 Å². The molecule has 0 spiro atoms. The molecule has 12 nitrogen and oxygen atoms in total. The number of anilines is 3. The lowest BCUT2D eigenvalue weighted by Crippen LogP contribution is -2.50. The lowest BCUT2D eigenvalue weighted by molar-refractivity contribution is -0.148. The van der Waals surface area contributed by atoms with Gasteiger partial charge in [-0.1, -0.05) is 6.07 Å². The van der Waals surface area contributed by atoms with Crippen molar-refractivity contribution in [2.75, 3.05) is 17.9 Å². The van der Waals surface area contributed by atoms with Crippen LogP contribution in [0.2, 0.25) is 0 Å². The molecule has 2 aliphatic rings. The summed E-state index contributed by atoms with van der Waals surface area (Å²) in [5.74, 6) is 1.42. The topological polar surface area (TPSA) is 147 Å². The first-order chi connectivity index (χ1) is 20.3. The van der Waals surface area contributed by atoms with Gasteiger partial charge in [-0.15, -0.1) is 0 Å². The molecule has 13 heteroatoms. The van der Waals surface area contributed by atoms with Crippen LogP contribution in [-0.2, 0) is 9.53 Å². The third-order valence-electron chi connectivity index (χ3n) is 7.98. The summed E-state index contributed by atoms with van der Waals surface area (Å²) in [6.07, 6.45) is 10.5. The van der Waals surface area contributed by atoms with Gasteiger partial charge < -0.3 is 26.2 Å². The number of aromatic amines is 1. The summed E-state index contributed by atoms with van der Waals surface area (Å²) >= 11 is 0. The maximum Gasteiger partial charge on any atom is 0.252 e. The van der Waals surface area contributed by atoms with Gasteiger partial charge in [0.1, 0.15) is 11.4 Å². The Labute approximate surface area is 242 Å². The zero-order chi connectivity index (χ0) is 29.3. The highest BCUT2D eigenvalue weighted by atomic mass is 19.1. The number of halogens is 1. The van der Waals surface area contributed by atoms with Crippen molar-refractivity contribution in [1.82, 2.24) is 40.7 Å². The van der Waals surface area contributed by atoms with E-state index in [9.17, 15) is 9.18 Å². The number of carbonyl (C=O) groups excluding carboxylic acids is 1. The minimum Gasteiger partial charge on any atom is -0.368 e. The van der Waals surface area contributed by atoms with E-state index in [1.165, 1.54) is 10.9 Å². The summed E-state index contributed by atoms with van der Waals surface area (Å²) < 4.78 is 20.6. The van der Waals surface area contributed by atoms with Gasteiger partial charge in [0.2, 0.25) is 0 Å². The van der Waals surface area contributed by atoms with Crippen LogP contribution < -0.4 is 21.5 Å². The third kappa shape index (κ3) is 5.42. The van der Waals surface area contributed by atoms with Gasteiger partial charge in [-0.2, -0.15) is 10.2 Å². The normalized spacial score (nSPS) is 20.2. The molecule has 4 aromatic rings. The molecule has 0 radical (unpaired) electrons. The molecule has 218 valence electrons. The molecule has 6 rings (SSSR count). The quantitative estimate of drug-likeness (QED) is 0.207. The van der Waals surface area contributed by atoms with Crippen molar-refractivity contribution in [2.45, 2.75) is 57.1 Å². The van der Waals surface area contributed by atoms with Crippen LogP contribution in [0.3, 0.4) is 0 Å². The van der Waals surface area contributed by atoms with Crippen molar-refractivity contribution in [3.05, 3.63) is 77.4 Å². The van der Waals surface area contributed by atoms with Crippen LogP contribution in [0, 0.1) is 12.7 Å². The first kappa shape index (κ1) is 27.4. The van der Waals surface area contributed by atoms with Crippen LogP contribution in [0.1, 0.15) is 67.1 Å². The SMILES string of the molecule is COC1(C(=O)N[C@@H](C)c2ccc(-n3cc(F)cn3)nc2)CCC(c2nc(Nc3cc(C)[nH]n3)cc3c2C=CNN3)CC1. The molecule has 1 saturated carbocycles. The maximum absolute atomic E-state index is 13.6. The number of fused-ring (bicyclic) bond motifs is 1. The Morgan fingerprint density at radius 1 is 1.21 bits per heavy atom. The Morgan fingerprint density at radius 3 is 2.71 bits per heavy atom. The van der Waals surface area contributed by atoms with Crippen LogP contribution >= 0.6 is 0 Å². The second-order valence-electron chi connectivity index (χ2n) is 10.7. The Hall–Kier alpha value is -4.78. The lowest BCUT2D eigenvalue weighted by Gasteiger charge is -2.39. The van der Waals surface area contributed by atoms with Crippen LogP contribution in [0.25, 0.3) is 11.9 Å². The zero-order valence-electron chi connectivity index (χ0n) is 23.6. The second kappa shape index (κ2) is 11.2. The van der Waals surface area contributed by atoms with Crippen molar-refractivity contribution in [2.24, 2.45) is 0 Å². The smallest absolute Gasteiger partial charge is 0.252 e. The largest absolute Gasteiger partial charge is 0.368 e. The van der Waals surface area contributed by atoms with Crippen molar-refractivity contribution in [3.8, 4) is 5.82 Å². The maximum atomic E-state index is 13.6. The molecular formula is C29H33FN10O2. The van der Waals surface area contributed by atoms with E-state index in [0.717, 1.165) is 47.2 Å². The van der Waals surface area contributed by atoms with Crippen molar-refractivity contribution >= 4 is 29.3 Å². The molecule has 0 saturated heterocycles. The number of hydrogen-bond acceptors (Lipinski definition) is 9. The number of amides is 1. The summed E-state index contributed by atoms with van der Waals surface area (Å²) in [5, 5.41) is 17.5. The van der Waals surface area contributed by atoms with Crippen LogP contribution in [-0.4, -0.2) is 48.6 Å². The number of nitrogens with zero attached hydrogens (tertiary/aromatic N) is 5. The minimum atomic E-state index is -0.942. The second-order valence-corrected chi connectivity index (χ2v) is 10.7. The first-order valence-electron chi connectivity index (χ1n) is 13.9. The number of hydrazine groups is 1. The minimum absolute atomic E-state index is 0.142. The summed E-state index contributed by atoms with van der Waals surface area (Å²) in [6, 6.07) is 7.16. The summed E-state index contributed by atoms with van der Waals surface area (Å²) in [7, 11) is 1.60. The Balaban J connectivity index is 1.15. The van der Waals surface area contributed by atoms with Crippen molar-refractivity contribution < 1.29 is 13.9 Å². The molecule has 1 atom stereocenters. The van der Waals surface area contributed by atoms with Gasteiger partial charge in [0.05, 0.1) is 29.8 Å². The van der Waals surface area contributed by atoms with E-state index in [1.54, 1.807) is 19.4 Å². The number of H-pyrrole nitrogens is 1. The Bertz CT molecular complexity index is 1600. The van der Waals surface area contributed by atoms with E-state index >= 15 is 0 Å². The van der Waals surface area contributed by atoms with Gasteiger partial charge in [0.15, 0.2) is 17.5 Å². The molecule has 5 N–H and O–H groups in total. The van der Waals surface area contributed by atoms with Crippen molar-refractivity contribution in [1.29, 1.82) is 0 Å². The van der Waals surface area contributed by atoms with E-state index in [1.807, 2.05) is 44.3 Å². The fourth-order valence-corrected chi connectivity index (χ4v) is 5.59. The molecule has 1 fully saturated rings. The van der Waals surface area contributed by atoms with Gasteiger partial charge in [0.25, 0.3) is 5.91 Å². The predicted molar refractivity (Wildman–Crippen MR) is 155 cm³/mol. The van der Waals surface area contributed by atoms with E-state index < -0.39 is 11.4 Å². The van der Waals surface area contributed by atoms with E-state index in [4.69, 9.17) is 9.72 Å². The Kier molecular flexibility index (Phi) is 7.33. The molecule has 0 aromatic carbocycles. The average molecular weight is 573 g/mol. The number of pyridine rings is 2. The van der Waals surface area contributed by atoms with Crippen molar-refractivity contribution in [3.63, 3.8) is 0 Å². The molecular weight excluding hydrogens is 539 g/mol. The fourth-order valence-electron chi connectivity index (χ4n) is 5.59. The predicted octanol–water partition coefficient (Wildman–Crippen LogP) is 4.40. The molecule has 4 aromatic heterocycles. The standard InChI is InChI=1S/C29H33FN10O2/c1-17-12-25(39-37-17)35-24-13-23-22(8-11-32-38-23)27(36-24)19-6-9-29(42-3,10-7-19)28(41)34-18(2)20-4-5-26(31-14-20)40-16-21(30)15-33-40/h4-5,8,11-16,18-19,32,38H,6-7,9-10H2,1-3H3,(H,34,41)(H2,35,36,37,39)/t18-,19?,29?/m0/s1. The molecule has 5 heterocycles. The molecule has 1 aliphatic heterocycles. The monoisotopic (exact) mass is 572 g/mol. The number of carbonyl (C=O) groups is 1. The number of aromatic nitrogens is 6. The number of methoxy groups -OCH3 is 1. The summed E-state index contributed by atoms with van der Waals surface area (Å²) in [4.78, 5) is 22.9. The first-order valence-corrected chi connectivity index (χ1v) is 13.9. The van der Waals surface area contributed by atoms with Gasteiger partial charge in [-0.3, -0.25) is 9.89 Å². The van der Waals surface area contributed by atoms with Crippen LogP contribution in [0.5, 0.6) is 0 Å². The number of rotatable bonds is 8. The van der Waals surface area contributed by atoms with E-state index in [2.05, 4.69) is 41.8 Å². The number of aryl methyl sites for hydroxylation is 1. The Morgan fingerprint density at radius 2 is 2.05 bits per heavy atom. The highest BCUT2D eigenvalue weighted by Gasteiger charge is 2.43. The van der Waals surface area contributed by atoms with Gasteiger partial charge >= 0.3 is 0 Å². The lowest BCUT2D eigenvalue weighted by atomic mass is 9.75. The van der Waals surface area contributed by atoms with Crippen LogP contribution in [0.15, 0.2) is 49.1 Å². The number of nitrogens with one attached hydrogen (secondary N) is 5. The summed E-state index contributed by atoms with van der Waals surface area (Å²) in [6.45, 7) is 3.85. The van der Waals surface area contributed by atoms with E-state index in [0.29, 0.717) is 30.3 Å². The highest BCUT2D eigenvalue weighted by Crippen LogP contribution is 2.43. The fraction of sp³-hybridized carbons (Fsp3) is 0.345. The van der Waals surface area contributed by atoms with Gasteiger partial charge in [-0.25, -0.2) is 19.0 Å². The number of hydrogen-bond donors (Lipinski definition) is 5. The molecule has 1 aliphatic carbocycles. The van der Waals surface area contributed by atoms with Gasteiger partial charge in [-0.05, 0) is 57.2 Å².